The number of rotatable bonds is 5. The molecule has 15 heavy (non-hydrogen) atoms. The van der Waals surface area contributed by atoms with Gasteiger partial charge in [-0.25, -0.2) is 0 Å². The Morgan fingerprint density at radius 2 is 2.13 bits per heavy atom. The maximum Gasteiger partial charge on any atom is 0.236 e. The molecule has 1 aliphatic rings. The number of carbonyl (C=O) groups excluding carboxylic acids is 1. The molecule has 0 aromatic carbocycles. The van der Waals surface area contributed by atoms with Gasteiger partial charge in [0.05, 0.1) is 19.3 Å². The lowest BCUT2D eigenvalue weighted by Gasteiger charge is -2.26. The van der Waals surface area contributed by atoms with Gasteiger partial charge in [0.2, 0.25) is 5.91 Å². The van der Waals surface area contributed by atoms with E-state index < -0.39 is 0 Å². The fourth-order valence-corrected chi connectivity index (χ4v) is 1.45. The van der Waals surface area contributed by atoms with Gasteiger partial charge in [0.15, 0.2) is 0 Å². The van der Waals surface area contributed by atoms with Crippen molar-refractivity contribution in [2.75, 3.05) is 46.4 Å². The van der Waals surface area contributed by atoms with E-state index in [-0.39, 0.29) is 11.9 Å². The monoisotopic (exact) mass is 215 g/mol. The Hall–Kier alpha value is -0.650. The number of hydrogen-bond donors (Lipinski definition) is 2. The Kier molecular flexibility index (Phi) is 5.60. The van der Waals surface area contributed by atoms with Crippen LogP contribution in [0.2, 0.25) is 0 Å². The van der Waals surface area contributed by atoms with Crippen molar-refractivity contribution in [2.45, 2.75) is 13.0 Å². The smallest absolute Gasteiger partial charge is 0.236 e. The molecule has 5 nitrogen and oxygen atoms in total. The third kappa shape index (κ3) is 4.59. The highest BCUT2D eigenvalue weighted by Crippen LogP contribution is 1.94. The van der Waals surface area contributed by atoms with E-state index in [1.165, 1.54) is 0 Å². The molecule has 5 heteroatoms. The van der Waals surface area contributed by atoms with Crippen LogP contribution in [0.15, 0.2) is 0 Å². The van der Waals surface area contributed by atoms with Crippen molar-refractivity contribution in [2.24, 2.45) is 0 Å². The van der Waals surface area contributed by atoms with Crippen LogP contribution in [-0.2, 0) is 9.53 Å². The summed E-state index contributed by atoms with van der Waals surface area (Å²) in [7, 11) is 1.78. The second kappa shape index (κ2) is 6.76. The fraction of sp³-hybridized carbons (Fsp3) is 0.900. The highest BCUT2D eigenvalue weighted by Gasteiger charge is 2.12. The van der Waals surface area contributed by atoms with Gasteiger partial charge in [0.1, 0.15) is 0 Å². The third-order valence-electron chi connectivity index (χ3n) is 2.66. The normalized spacial score (nSPS) is 19.9. The van der Waals surface area contributed by atoms with E-state index in [0.717, 1.165) is 32.8 Å². The average molecular weight is 215 g/mol. The molecule has 0 saturated carbocycles. The maximum absolute atomic E-state index is 11.4. The van der Waals surface area contributed by atoms with Crippen LogP contribution in [0.25, 0.3) is 0 Å². The molecule has 1 saturated heterocycles. The number of nitrogens with zero attached hydrogens (tertiary/aromatic N) is 1. The molecule has 0 aliphatic carbocycles. The molecule has 0 bridgehead atoms. The summed E-state index contributed by atoms with van der Waals surface area (Å²) in [6.07, 6.45) is 0. The minimum absolute atomic E-state index is 0.0609. The Morgan fingerprint density at radius 1 is 1.47 bits per heavy atom. The molecule has 1 amide bonds. The molecule has 0 spiro atoms. The molecule has 0 radical (unpaired) electrons. The van der Waals surface area contributed by atoms with Crippen LogP contribution in [0, 0.1) is 0 Å². The first-order valence-corrected chi connectivity index (χ1v) is 5.49. The van der Waals surface area contributed by atoms with E-state index in [9.17, 15) is 4.79 Å². The van der Waals surface area contributed by atoms with Gasteiger partial charge >= 0.3 is 0 Å². The van der Waals surface area contributed by atoms with Crippen molar-refractivity contribution in [3.05, 3.63) is 0 Å². The molecule has 1 fully saturated rings. The van der Waals surface area contributed by atoms with E-state index in [1.807, 2.05) is 6.92 Å². The summed E-state index contributed by atoms with van der Waals surface area (Å²) in [5.41, 5.74) is 0. The molecule has 88 valence electrons. The van der Waals surface area contributed by atoms with Gasteiger partial charge in [-0.15, -0.1) is 0 Å². The van der Waals surface area contributed by atoms with Crippen molar-refractivity contribution < 1.29 is 9.53 Å². The van der Waals surface area contributed by atoms with Gasteiger partial charge in [-0.05, 0) is 14.0 Å². The number of hydrogen-bond acceptors (Lipinski definition) is 4. The van der Waals surface area contributed by atoms with E-state index in [4.69, 9.17) is 4.74 Å². The standard InChI is InChI=1S/C10H21N3O2/c1-9(11-2)10(14)12-3-4-13-5-7-15-8-6-13/h9,11H,3-8H2,1-2H3,(H,12,14). The summed E-state index contributed by atoms with van der Waals surface area (Å²) in [5, 5.41) is 5.80. The van der Waals surface area contributed by atoms with Crippen molar-refractivity contribution in [3.8, 4) is 0 Å². The summed E-state index contributed by atoms with van der Waals surface area (Å²) in [6, 6.07) is -0.116. The van der Waals surface area contributed by atoms with E-state index >= 15 is 0 Å². The molecule has 0 aromatic heterocycles. The Balaban J connectivity index is 2.07. The maximum atomic E-state index is 11.4. The molecule has 2 N–H and O–H groups in total. The Labute approximate surface area is 91.2 Å². The van der Waals surface area contributed by atoms with Crippen molar-refractivity contribution in [1.29, 1.82) is 0 Å². The van der Waals surface area contributed by atoms with Crippen LogP contribution in [0.1, 0.15) is 6.92 Å². The van der Waals surface area contributed by atoms with Gasteiger partial charge in [-0.3, -0.25) is 9.69 Å². The molecule has 1 heterocycles. The zero-order valence-electron chi connectivity index (χ0n) is 9.58. The zero-order valence-corrected chi connectivity index (χ0v) is 9.58. The van der Waals surface area contributed by atoms with Crippen LogP contribution in [-0.4, -0.2) is 63.3 Å². The quantitative estimate of drug-likeness (QED) is 0.620. The van der Waals surface area contributed by atoms with Gasteiger partial charge in [-0.2, -0.15) is 0 Å². The summed E-state index contributed by atoms with van der Waals surface area (Å²) in [4.78, 5) is 13.7. The molecular formula is C10H21N3O2. The van der Waals surface area contributed by atoms with Crippen LogP contribution >= 0.6 is 0 Å². The van der Waals surface area contributed by atoms with Crippen molar-refractivity contribution in [1.82, 2.24) is 15.5 Å². The highest BCUT2D eigenvalue weighted by atomic mass is 16.5. The van der Waals surface area contributed by atoms with Gasteiger partial charge < -0.3 is 15.4 Å². The minimum Gasteiger partial charge on any atom is -0.379 e. The zero-order chi connectivity index (χ0) is 11.1. The number of ether oxygens (including phenoxy) is 1. The summed E-state index contributed by atoms with van der Waals surface area (Å²) >= 11 is 0. The second-order valence-electron chi connectivity index (χ2n) is 3.76. The topological polar surface area (TPSA) is 53.6 Å². The lowest BCUT2D eigenvalue weighted by molar-refractivity contribution is -0.122. The number of carbonyl (C=O) groups is 1. The van der Waals surface area contributed by atoms with Crippen molar-refractivity contribution >= 4 is 5.91 Å². The van der Waals surface area contributed by atoms with E-state index in [0.29, 0.717) is 6.54 Å². The fourth-order valence-electron chi connectivity index (χ4n) is 1.45. The van der Waals surface area contributed by atoms with Crippen LogP contribution in [0.3, 0.4) is 0 Å². The molecule has 1 unspecified atom stereocenters. The number of nitrogens with one attached hydrogen (secondary N) is 2. The van der Waals surface area contributed by atoms with Gasteiger partial charge in [0, 0.05) is 26.2 Å². The van der Waals surface area contributed by atoms with Crippen LogP contribution in [0.5, 0.6) is 0 Å². The molecular weight excluding hydrogens is 194 g/mol. The largest absolute Gasteiger partial charge is 0.379 e. The lowest BCUT2D eigenvalue weighted by Crippen LogP contribution is -2.45. The first-order chi connectivity index (χ1) is 7.24. The number of morpholine rings is 1. The van der Waals surface area contributed by atoms with Crippen LogP contribution < -0.4 is 10.6 Å². The predicted molar refractivity (Wildman–Crippen MR) is 58.8 cm³/mol. The minimum atomic E-state index is -0.116. The average Bonchev–Trinajstić information content (AvgIpc) is 2.29. The molecule has 0 aromatic rings. The van der Waals surface area contributed by atoms with E-state index in [2.05, 4.69) is 15.5 Å². The first-order valence-electron chi connectivity index (χ1n) is 5.49. The summed E-state index contributed by atoms with van der Waals surface area (Å²) in [5.74, 6) is 0.0609. The SMILES string of the molecule is CNC(C)C(=O)NCCN1CCOCC1. The summed E-state index contributed by atoms with van der Waals surface area (Å²) < 4.78 is 5.24. The highest BCUT2D eigenvalue weighted by molar-refractivity contribution is 5.81. The van der Waals surface area contributed by atoms with Gasteiger partial charge in [0.25, 0.3) is 0 Å². The molecule has 1 rings (SSSR count). The predicted octanol–water partition coefficient (Wildman–Crippen LogP) is -0.957. The van der Waals surface area contributed by atoms with Crippen molar-refractivity contribution in [3.63, 3.8) is 0 Å². The Bertz CT molecular complexity index is 193. The molecule has 1 aliphatic heterocycles. The van der Waals surface area contributed by atoms with E-state index in [1.54, 1.807) is 7.05 Å². The summed E-state index contributed by atoms with van der Waals surface area (Å²) in [6.45, 7) is 7.02. The first kappa shape index (κ1) is 12.4. The lowest BCUT2D eigenvalue weighted by atomic mass is 10.3. The third-order valence-corrected chi connectivity index (χ3v) is 2.66. The number of likely N-dealkylation sites (N-methyl/N-ethyl adjacent to an activating group) is 1. The van der Waals surface area contributed by atoms with Crippen LogP contribution in [0.4, 0.5) is 0 Å². The second-order valence-corrected chi connectivity index (χ2v) is 3.76. The Morgan fingerprint density at radius 3 is 2.73 bits per heavy atom. The van der Waals surface area contributed by atoms with Gasteiger partial charge in [-0.1, -0.05) is 0 Å². The number of amides is 1. The molecule has 1 atom stereocenters.